The highest BCUT2D eigenvalue weighted by molar-refractivity contribution is 5.85. The van der Waals surface area contributed by atoms with Gasteiger partial charge in [0.2, 0.25) is 11.7 Å². The monoisotopic (exact) mass is 247 g/mol. The van der Waals surface area contributed by atoms with E-state index in [-0.39, 0.29) is 18.3 Å². The number of rotatable bonds is 4. The van der Waals surface area contributed by atoms with Gasteiger partial charge in [0.25, 0.3) is 0 Å². The van der Waals surface area contributed by atoms with Crippen molar-refractivity contribution in [2.45, 2.75) is 20.5 Å². The molecule has 0 bridgehead atoms. The number of ether oxygens (including phenoxy) is 1. The van der Waals surface area contributed by atoms with Crippen LogP contribution < -0.4 is 4.74 Å². The maximum Gasteiger partial charge on any atom is 0.373 e. The Bertz CT molecular complexity index is 574. The number of carboxylic acids is 1. The van der Waals surface area contributed by atoms with Crippen LogP contribution in [0.2, 0.25) is 0 Å². The number of benzene rings is 1. The second kappa shape index (κ2) is 4.91. The molecule has 0 unspecified atom stereocenters. The minimum Gasteiger partial charge on any atom is -0.484 e. The highest BCUT2D eigenvalue weighted by atomic mass is 16.5. The van der Waals surface area contributed by atoms with Gasteiger partial charge in [-0.25, -0.2) is 9.78 Å². The van der Waals surface area contributed by atoms with Gasteiger partial charge in [-0.05, 0) is 31.5 Å². The van der Waals surface area contributed by atoms with E-state index in [1.165, 1.54) is 0 Å². The van der Waals surface area contributed by atoms with Gasteiger partial charge in [-0.15, -0.1) is 0 Å². The standard InChI is InChI=1S/C13H13NO4/c1-8-4-3-5-10(6-8)17-7-11-14-9(2)12(18-11)13(15)16/h3-6H,7H2,1-2H3,(H,15,16). The molecule has 0 fully saturated rings. The van der Waals surface area contributed by atoms with Crippen molar-refractivity contribution in [2.24, 2.45) is 0 Å². The molecule has 1 aromatic carbocycles. The zero-order chi connectivity index (χ0) is 13.1. The summed E-state index contributed by atoms with van der Waals surface area (Å²) in [5, 5.41) is 8.83. The van der Waals surface area contributed by atoms with Gasteiger partial charge in [-0.3, -0.25) is 0 Å². The fourth-order valence-electron chi connectivity index (χ4n) is 1.56. The number of nitrogens with zero attached hydrogens (tertiary/aromatic N) is 1. The molecule has 0 atom stereocenters. The van der Waals surface area contributed by atoms with Gasteiger partial charge in [0.15, 0.2) is 6.61 Å². The lowest BCUT2D eigenvalue weighted by Crippen LogP contribution is -1.96. The van der Waals surface area contributed by atoms with Crippen LogP contribution in [0.15, 0.2) is 28.7 Å². The van der Waals surface area contributed by atoms with Crippen LogP contribution in [-0.2, 0) is 6.61 Å². The van der Waals surface area contributed by atoms with Crippen LogP contribution in [0.25, 0.3) is 0 Å². The molecule has 0 aliphatic rings. The molecule has 18 heavy (non-hydrogen) atoms. The maximum absolute atomic E-state index is 10.8. The Kier molecular flexibility index (Phi) is 3.32. The number of carbonyl (C=O) groups is 1. The molecule has 0 aliphatic heterocycles. The first-order chi connectivity index (χ1) is 8.56. The molecule has 1 aromatic heterocycles. The third-order valence-electron chi connectivity index (χ3n) is 2.39. The van der Waals surface area contributed by atoms with Crippen LogP contribution >= 0.6 is 0 Å². The quantitative estimate of drug-likeness (QED) is 0.898. The van der Waals surface area contributed by atoms with E-state index < -0.39 is 5.97 Å². The van der Waals surface area contributed by atoms with Crippen molar-refractivity contribution in [1.29, 1.82) is 0 Å². The number of aromatic nitrogens is 1. The highest BCUT2D eigenvalue weighted by Gasteiger charge is 2.16. The van der Waals surface area contributed by atoms with E-state index in [9.17, 15) is 4.79 Å². The first-order valence-electron chi connectivity index (χ1n) is 5.45. The Balaban J connectivity index is 2.06. The van der Waals surface area contributed by atoms with E-state index in [1.807, 2.05) is 31.2 Å². The van der Waals surface area contributed by atoms with E-state index in [4.69, 9.17) is 14.3 Å². The van der Waals surface area contributed by atoms with Crippen LogP contribution in [0, 0.1) is 13.8 Å². The predicted molar refractivity (Wildman–Crippen MR) is 63.7 cm³/mol. The number of hydrogen-bond donors (Lipinski definition) is 1. The van der Waals surface area contributed by atoms with Gasteiger partial charge in [-0.2, -0.15) is 0 Å². The molecule has 5 heteroatoms. The van der Waals surface area contributed by atoms with Gasteiger partial charge in [0, 0.05) is 0 Å². The van der Waals surface area contributed by atoms with Crippen LogP contribution in [0.1, 0.15) is 27.7 Å². The summed E-state index contributed by atoms with van der Waals surface area (Å²) in [5.41, 5.74) is 1.44. The van der Waals surface area contributed by atoms with Crippen LogP contribution in [0.3, 0.4) is 0 Å². The maximum atomic E-state index is 10.8. The number of oxazole rings is 1. The number of aryl methyl sites for hydroxylation is 2. The Morgan fingerprint density at radius 1 is 1.44 bits per heavy atom. The molecule has 2 aromatic rings. The first-order valence-corrected chi connectivity index (χ1v) is 5.45. The lowest BCUT2D eigenvalue weighted by Gasteiger charge is -2.03. The van der Waals surface area contributed by atoms with E-state index in [1.54, 1.807) is 6.92 Å². The molecular formula is C13H13NO4. The smallest absolute Gasteiger partial charge is 0.373 e. The van der Waals surface area contributed by atoms with Gasteiger partial charge in [0.1, 0.15) is 5.75 Å². The van der Waals surface area contributed by atoms with E-state index >= 15 is 0 Å². The lowest BCUT2D eigenvalue weighted by atomic mass is 10.2. The third kappa shape index (κ3) is 2.68. The van der Waals surface area contributed by atoms with Crippen molar-refractivity contribution in [2.75, 3.05) is 0 Å². The average Bonchev–Trinajstić information content (AvgIpc) is 2.68. The summed E-state index contributed by atoms with van der Waals surface area (Å²) in [6.45, 7) is 3.66. The molecule has 5 nitrogen and oxygen atoms in total. The van der Waals surface area contributed by atoms with Crippen LogP contribution in [0.4, 0.5) is 0 Å². The molecule has 0 saturated heterocycles. The second-order valence-corrected chi connectivity index (χ2v) is 3.93. The third-order valence-corrected chi connectivity index (χ3v) is 2.39. The van der Waals surface area contributed by atoms with Crippen LogP contribution in [-0.4, -0.2) is 16.1 Å². The molecule has 0 saturated carbocycles. The molecule has 1 N–H and O–H groups in total. The van der Waals surface area contributed by atoms with E-state index in [0.717, 1.165) is 5.56 Å². The Labute approximate surface area is 104 Å². The van der Waals surface area contributed by atoms with Crippen LogP contribution in [0.5, 0.6) is 5.75 Å². The molecular weight excluding hydrogens is 234 g/mol. The molecule has 0 spiro atoms. The Morgan fingerprint density at radius 2 is 2.22 bits per heavy atom. The summed E-state index contributed by atoms with van der Waals surface area (Å²) in [6, 6.07) is 7.55. The Morgan fingerprint density at radius 3 is 2.83 bits per heavy atom. The zero-order valence-corrected chi connectivity index (χ0v) is 10.1. The molecule has 0 amide bonds. The van der Waals surface area contributed by atoms with Crippen molar-refractivity contribution in [3.05, 3.63) is 47.2 Å². The zero-order valence-electron chi connectivity index (χ0n) is 10.1. The fraction of sp³-hybridized carbons (Fsp3) is 0.231. The number of carboxylic acid groups (broad SMARTS) is 1. The van der Waals surface area contributed by atoms with Gasteiger partial charge in [0.05, 0.1) is 5.69 Å². The SMILES string of the molecule is Cc1cccc(OCc2nc(C)c(C(=O)O)o2)c1. The molecule has 1 heterocycles. The number of aromatic carboxylic acids is 1. The largest absolute Gasteiger partial charge is 0.484 e. The molecule has 0 radical (unpaired) electrons. The molecule has 94 valence electrons. The average molecular weight is 247 g/mol. The molecule has 2 rings (SSSR count). The number of hydrogen-bond acceptors (Lipinski definition) is 4. The summed E-state index contributed by atoms with van der Waals surface area (Å²) in [4.78, 5) is 14.8. The van der Waals surface area contributed by atoms with E-state index in [0.29, 0.717) is 11.4 Å². The summed E-state index contributed by atoms with van der Waals surface area (Å²) >= 11 is 0. The Hall–Kier alpha value is -2.30. The van der Waals surface area contributed by atoms with Crippen molar-refractivity contribution in [3.8, 4) is 5.75 Å². The summed E-state index contributed by atoms with van der Waals surface area (Å²) < 4.78 is 10.6. The lowest BCUT2D eigenvalue weighted by molar-refractivity contribution is 0.0657. The molecule has 0 aliphatic carbocycles. The highest BCUT2D eigenvalue weighted by Crippen LogP contribution is 2.16. The second-order valence-electron chi connectivity index (χ2n) is 3.93. The minimum atomic E-state index is -1.12. The van der Waals surface area contributed by atoms with Crippen molar-refractivity contribution >= 4 is 5.97 Å². The van der Waals surface area contributed by atoms with Gasteiger partial charge < -0.3 is 14.3 Å². The van der Waals surface area contributed by atoms with Gasteiger partial charge >= 0.3 is 5.97 Å². The minimum absolute atomic E-state index is 0.109. The topological polar surface area (TPSA) is 72.6 Å². The fourth-order valence-corrected chi connectivity index (χ4v) is 1.56. The van der Waals surface area contributed by atoms with Crippen molar-refractivity contribution in [1.82, 2.24) is 4.98 Å². The van der Waals surface area contributed by atoms with Crippen molar-refractivity contribution in [3.63, 3.8) is 0 Å². The van der Waals surface area contributed by atoms with E-state index in [2.05, 4.69) is 4.98 Å². The first kappa shape index (κ1) is 12.2. The van der Waals surface area contributed by atoms with Crippen molar-refractivity contribution < 1.29 is 19.1 Å². The normalized spacial score (nSPS) is 10.3. The summed E-state index contributed by atoms with van der Waals surface area (Å²) in [7, 11) is 0. The predicted octanol–water partition coefficient (Wildman–Crippen LogP) is 2.57. The summed E-state index contributed by atoms with van der Waals surface area (Å²) in [6.07, 6.45) is 0. The summed E-state index contributed by atoms with van der Waals surface area (Å²) in [5.74, 6) is -0.311. The van der Waals surface area contributed by atoms with Gasteiger partial charge in [-0.1, -0.05) is 12.1 Å².